The largest absolute Gasteiger partial charge is 0.339 e. The van der Waals surface area contributed by atoms with Crippen LogP contribution in [0.25, 0.3) is 17.1 Å². The molecule has 0 spiro atoms. The molecule has 1 fully saturated rings. The number of aromatic nitrogens is 4. The predicted molar refractivity (Wildman–Crippen MR) is 121 cm³/mol. The van der Waals surface area contributed by atoms with Crippen LogP contribution in [-0.4, -0.2) is 43.8 Å². The summed E-state index contributed by atoms with van der Waals surface area (Å²) >= 11 is 5.96. The Bertz CT molecular complexity index is 1230. The molecular weight excluding hydrogens is 426 g/mol. The smallest absolute Gasteiger partial charge is 0.253 e. The van der Waals surface area contributed by atoms with E-state index < -0.39 is 0 Å². The van der Waals surface area contributed by atoms with E-state index in [1.54, 1.807) is 18.3 Å². The molecule has 1 saturated heterocycles. The molecule has 1 unspecified atom stereocenters. The highest BCUT2D eigenvalue weighted by atomic mass is 35.5. The summed E-state index contributed by atoms with van der Waals surface area (Å²) in [5.74, 6) is 1.13. The average Bonchev–Trinajstić information content (AvgIpc) is 3.49. The summed E-state index contributed by atoms with van der Waals surface area (Å²) in [6.45, 7) is 3.27. The number of carbonyl (C=O) groups is 1. The first-order chi connectivity index (χ1) is 15.6. The van der Waals surface area contributed by atoms with Crippen LogP contribution in [0, 0.1) is 6.92 Å². The van der Waals surface area contributed by atoms with E-state index in [9.17, 15) is 4.79 Å². The van der Waals surface area contributed by atoms with Crippen molar-refractivity contribution in [3.05, 3.63) is 83.0 Å². The number of amides is 1. The summed E-state index contributed by atoms with van der Waals surface area (Å²) in [4.78, 5) is 19.6. The molecule has 0 radical (unpaired) electrons. The van der Waals surface area contributed by atoms with Crippen LogP contribution in [0.3, 0.4) is 0 Å². The molecule has 8 heteroatoms. The van der Waals surface area contributed by atoms with Gasteiger partial charge in [-0.05, 0) is 74.4 Å². The van der Waals surface area contributed by atoms with E-state index >= 15 is 0 Å². The first kappa shape index (κ1) is 20.5. The number of aryl methyl sites for hydroxylation is 1. The van der Waals surface area contributed by atoms with E-state index in [0.717, 1.165) is 29.8 Å². The van der Waals surface area contributed by atoms with Crippen LogP contribution in [0.4, 0.5) is 0 Å². The van der Waals surface area contributed by atoms with Crippen LogP contribution in [-0.2, 0) is 0 Å². The maximum atomic E-state index is 13.1. The fourth-order valence-electron chi connectivity index (χ4n) is 4.05. The minimum atomic E-state index is 0.0101. The van der Waals surface area contributed by atoms with E-state index in [0.29, 0.717) is 35.4 Å². The van der Waals surface area contributed by atoms with Crippen LogP contribution in [0.15, 0.2) is 65.3 Å². The lowest BCUT2D eigenvalue weighted by molar-refractivity contribution is 0.0695. The van der Waals surface area contributed by atoms with Crippen molar-refractivity contribution in [3.63, 3.8) is 0 Å². The van der Waals surface area contributed by atoms with Gasteiger partial charge in [0.15, 0.2) is 0 Å². The highest BCUT2D eigenvalue weighted by molar-refractivity contribution is 6.30. The van der Waals surface area contributed by atoms with E-state index in [1.807, 2.05) is 59.0 Å². The zero-order valence-electron chi connectivity index (χ0n) is 17.6. The third-order valence-corrected chi connectivity index (χ3v) is 6.04. The third-order valence-electron chi connectivity index (χ3n) is 5.79. The van der Waals surface area contributed by atoms with Gasteiger partial charge in [0, 0.05) is 41.1 Å². The average molecular weight is 448 g/mol. The van der Waals surface area contributed by atoms with Gasteiger partial charge in [0.05, 0.1) is 11.6 Å². The van der Waals surface area contributed by atoms with Gasteiger partial charge < -0.3 is 9.42 Å². The number of rotatable bonds is 4. The number of halogens is 1. The van der Waals surface area contributed by atoms with Gasteiger partial charge >= 0.3 is 0 Å². The Morgan fingerprint density at radius 2 is 1.88 bits per heavy atom. The summed E-state index contributed by atoms with van der Waals surface area (Å²) in [5, 5.41) is 9.09. The van der Waals surface area contributed by atoms with Crippen LogP contribution in [0.2, 0.25) is 5.02 Å². The number of nitrogens with zero attached hydrogens (tertiary/aromatic N) is 5. The van der Waals surface area contributed by atoms with Crippen LogP contribution >= 0.6 is 11.6 Å². The molecule has 32 heavy (non-hydrogen) atoms. The Morgan fingerprint density at radius 1 is 1.09 bits per heavy atom. The number of hydrogen-bond acceptors (Lipinski definition) is 5. The molecule has 0 saturated carbocycles. The fourth-order valence-corrected chi connectivity index (χ4v) is 4.17. The SMILES string of the molecule is Cc1ccnn1-c1ccc(C(=O)N2CCCC(c3nc(-c4ccc(Cl)cc4)no3)C2)cc1. The molecule has 5 rings (SSSR count). The number of carbonyl (C=O) groups excluding carboxylic acids is 1. The Morgan fingerprint density at radius 3 is 2.59 bits per heavy atom. The zero-order valence-corrected chi connectivity index (χ0v) is 18.4. The predicted octanol–water partition coefficient (Wildman–Crippen LogP) is 4.90. The van der Waals surface area contributed by atoms with Crippen molar-refractivity contribution in [1.82, 2.24) is 24.8 Å². The minimum absolute atomic E-state index is 0.0101. The maximum absolute atomic E-state index is 13.1. The molecule has 0 aliphatic carbocycles. The van der Waals surface area contributed by atoms with Crippen molar-refractivity contribution in [2.24, 2.45) is 0 Å². The molecule has 2 aromatic heterocycles. The van der Waals surface area contributed by atoms with Gasteiger partial charge in [-0.1, -0.05) is 16.8 Å². The molecule has 2 aromatic carbocycles. The first-order valence-corrected chi connectivity index (χ1v) is 11.0. The van der Waals surface area contributed by atoms with E-state index in [4.69, 9.17) is 16.1 Å². The molecular formula is C24H22ClN5O2. The van der Waals surface area contributed by atoms with Crippen molar-refractivity contribution in [3.8, 4) is 17.1 Å². The fraction of sp³-hybridized carbons (Fsp3) is 0.250. The van der Waals surface area contributed by atoms with Gasteiger partial charge in [0.1, 0.15) is 0 Å². The highest BCUT2D eigenvalue weighted by Gasteiger charge is 2.29. The van der Waals surface area contributed by atoms with Crippen molar-refractivity contribution in [2.45, 2.75) is 25.7 Å². The molecule has 1 aliphatic rings. The lowest BCUT2D eigenvalue weighted by Crippen LogP contribution is -2.39. The molecule has 1 aliphatic heterocycles. The molecule has 0 bridgehead atoms. The Kier molecular flexibility index (Phi) is 5.49. The second-order valence-electron chi connectivity index (χ2n) is 7.98. The topological polar surface area (TPSA) is 77.1 Å². The van der Waals surface area contributed by atoms with Gasteiger partial charge in [0.25, 0.3) is 5.91 Å². The van der Waals surface area contributed by atoms with Crippen molar-refractivity contribution >= 4 is 17.5 Å². The molecule has 4 aromatic rings. The second kappa shape index (κ2) is 8.59. The molecule has 162 valence electrons. The quantitative estimate of drug-likeness (QED) is 0.444. The second-order valence-corrected chi connectivity index (χ2v) is 8.42. The summed E-state index contributed by atoms with van der Waals surface area (Å²) < 4.78 is 7.40. The van der Waals surface area contributed by atoms with Gasteiger partial charge in [0.2, 0.25) is 11.7 Å². The third kappa shape index (κ3) is 4.03. The molecule has 3 heterocycles. The summed E-state index contributed by atoms with van der Waals surface area (Å²) in [5.41, 5.74) is 3.48. The van der Waals surface area contributed by atoms with Crippen LogP contribution in [0.1, 0.15) is 40.7 Å². The number of piperidine rings is 1. The van der Waals surface area contributed by atoms with Crippen molar-refractivity contribution < 1.29 is 9.32 Å². The number of hydrogen-bond donors (Lipinski definition) is 0. The van der Waals surface area contributed by atoms with Crippen molar-refractivity contribution in [1.29, 1.82) is 0 Å². The van der Waals surface area contributed by atoms with E-state index in [-0.39, 0.29) is 11.8 Å². The van der Waals surface area contributed by atoms with Crippen LogP contribution < -0.4 is 0 Å². The summed E-state index contributed by atoms with van der Waals surface area (Å²) in [6, 6.07) is 16.8. The number of benzene rings is 2. The van der Waals surface area contributed by atoms with Gasteiger partial charge in [-0.3, -0.25) is 4.79 Å². The van der Waals surface area contributed by atoms with E-state index in [2.05, 4.69) is 15.2 Å². The Hall–Kier alpha value is -3.45. The molecule has 1 amide bonds. The molecule has 1 atom stereocenters. The highest BCUT2D eigenvalue weighted by Crippen LogP contribution is 2.29. The lowest BCUT2D eigenvalue weighted by atomic mass is 9.97. The van der Waals surface area contributed by atoms with Gasteiger partial charge in [-0.25, -0.2) is 4.68 Å². The number of likely N-dealkylation sites (tertiary alicyclic amines) is 1. The Balaban J connectivity index is 1.29. The monoisotopic (exact) mass is 447 g/mol. The molecule has 0 N–H and O–H groups in total. The minimum Gasteiger partial charge on any atom is -0.339 e. The van der Waals surface area contributed by atoms with E-state index in [1.165, 1.54) is 0 Å². The van der Waals surface area contributed by atoms with Crippen molar-refractivity contribution in [2.75, 3.05) is 13.1 Å². The standard InChI is InChI=1S/C24H22ClN5O2/c1-16-12-13-26-30(16)21-10-6-18(7-11-21)24(31)29-14-2-3-19(15-29)23-27-22(28-32-23)17-4-8-20(25)9-5-17/h4-13,19H,2-3,14-15H2,1H3. The normalized spacial score (nSPS) is 16.3. The lowest BCUT2D eigenvalue weighted by Gasteiger charge is -2.31. The van der Waals surface area contributed by atoms with Gasteiger partial charge in [-0.2, -0.15) is 10.1 Å². The zero-order chi connectivity index (χ0) is 22.1. The van der Waals surface area contributed by atoms with Crippen LogP contribution in [0.5, 0.6) is 0 Å². The maximum Gasteiger partial charge on any atom is 0.253 e. The first-order valence-electron chi connectivity index (χ1n) is 10.6. The summed E-state index contributed by atoms with van der Waals surface area (Å²) in [7, 11) is 0. The summed E-state index contributed by atoms with van der Waals surface area (Å²) in [6.07, 6.45) is 3.56. The molecule has 7 nitrogen and oxygen atoms in total. The van der Waals surface area contributed by atoms with Gasteiger partial charge in [-0.15, -0.1) is 0 Å². The Labute approximate surface area is 190 Å².